The van der Waals surface area contributed by atoms with E-state index in [1.807, 2.05) is 5.32 Å². The lowest BCUT2D eigenvalue weighted by Crippen LogP contribution is -2.48. The minimum Gasteiger partial charge on any atom is -0.391 e. The molecule has 2 atom stereocenters. The average molecular weight is 348 g/mol. The fourth-order valence-electron chi connectivity index (χ4n) is 2.55. The van der Waals surface area contributed by atoms with E-state index >= 15 is 0 Å². The number of amides is 2. The van der Waals surface area contributed by atoms with Crippen molar-refractivity contribution in [1.29, 1.82) is 0 Å². The smallest absolute Gasteiger partial charge is 0.391 e. The molecule has 0 saturated heterocycles. The van der Waals surface area contributed by atoms with Crippen molar-refractivity contribution in [2.45, 2.75) is 44.0 Å². The molecule has 0 spiro atoms. The Labute approximate surface area is 135 Å². The fourth-order valence-corrected chi connectivity index (χ4v) is 2.55. The zero-order valence-corrected chi connectivity index (χ0v) is 12.5. The van der Waals surface area contributed by atoms with Gasteiger partial charge in [0.2, 0.25) is 0 Å². The SMILES string of the molecule is O=C(Nc1ccc(F)cc1C(F)(F)F)C(=O)NC1CCCCC1O. The molecule has 0 heterocycles. The van der Waals surface area contributed by atoms with Crippen LogP contribution in [0.3, 0.4) is 0 Å². The molecule has 1 fully saturated rings. The zero-order valence-electron chi connectivity index (χ0n) is 12.5. The van der Waals surface area contributed by atoms with Crippen molar-refractivity contribution in [3.05, 3.63) is 29.6 Å². The van der Waals surface area contributed by atoms with Crippen LogP contribution in [0.4, 0.5) is 23.2 Å². The summed E-state index contributed by atoms with van der Waals surface area (Å²) < 4.78 is 51.6. The van der Waals surface area contributed by atoms with Crippen molar-refractivity contribution in [1.82, 2.24) is 5.32 Å². The highest BCUT2D eigenvalue weighted by atomic mass is 19.4. The van der Waals surface area contributed by atoms with Gasteiger partial charge in [0.1, 0.15) is 5.82 Å². The van der Waals surface area contributed by atoms with Crippen LogP contribution in [0.25, 0.3) is 0 Å². The van der Waals surface area contributed by atoms with E-state index in [2.05, 4.69) is 5.32 Å². The Kier molecular flexibility index (Phi) is 5.43. The monoisotopic (exact) mass is 348 g/mol. The second kappa shape index (κ2) is 7.16. The maximum Gasteiger partial charge on any atom is 0.418 e. The highest BCUT2D eigenvalue weighted by Crippen LogP contribution is 2.35. The molecule has 5 nitrogen and oxygen atoms in total. The molecule has 1 aromatic carbocycles. The largest absolute Gasteiger partial charge is 0.418 e. The van der Waals surface area contributed by atoms with Gasteiger partial charge < -0.3 is 15.7 Å². The summed E-state index contributed by atoms with van der Waals surface area (Å²) in [7, 11) is 0. The molecular formula is C15H16F4N2O3. The van der Waals surface area contributed by atoms with E-state index < -0.39 is 47.2 Å². The number of carbonyl (C=O) groups is 2. The van der Waals surface area contributed by atoms with Crippen LogP contribution in [0.15, 0.2) is 18.2 Å². The Morgan fingerprint density at radius 1 is 1.12 bits per heavy atom. The van der Waals surface area contributed by atoms with Crippen LogP contribution in [0, 0.1) is 5.82 Å². The lowest BCUT2D eigenvalue weighted by Gasteiger charge is -2.28. The Hall–Kier alpha value is -2.16. The molecule has 0 aromatic heterocycles. The third-order valence-electron chi connectivity index (χ3n) is 3.79. The maximum absolute atomic E-state index is 13.0. The van der Waals surface area contributed by atoms with Crippen molar-refractivity contribution in [2.24, 2.45) is 0 Å². The molecular weight excluding hydrogens is 332 g/mol. The van der Waals surface area contributed by atoms with Gasteiger partial charge in [0.05, 0.1) is 23.4 Å². The number of carbonyl (C=O) groups excluding carboxylic acids is 2. The summed E-state index contributed by atoms with van der Waals surface area (Å²) in [6.07, 6.45) is -3.18. The lowest BCUT2D eigenvalue weighted by atomic mass is 9.92. The van der Waals surface area contributed by atoms with Crippen LogP contribution in [0.2, 0.25) is 0 Å². The summed E-state index contributed by atoms with van der Waals surface area (Å²) in [4.78, 5) is 23.6. The number of halogens is 4. The molecule has 2 unspecified atom stereocenters. The van der Waals surface area contributed by atoms with E-state index in [1.165, 1.54) is 0 Å². The Bertz CT molecular complexity index is 634. The Morgan fingerprint density at radius 3 is 2.42 bits per heavy atom. The van der Waals surface area contributed by atoms with Gasteiger partial charge in [-0.3, -0.25) is 9.59 Å². The van der Waals surface area contributed by atoms with Gasteiger partial charge in [0, 0.05) is 0 Å². The lowest BCUT2D eigenvalue weighted by molar-refractivity contribution is -0.138. The number of hydrogen-bond donors (Lipinski definition) is 3. The van der Waals surface area contributed by atoms with Crippen LogP contribution < -0.4 is 10.6 Å². The first-order valence-corrected chi connectivity index (χ1v) is 7.35. The van der Waals surface area contributed by atoms with E-state index in [9.17, 15) is 32.3 Å². The van der Waals surface area contributed by atoms with E-state index in [-0.39, 0.29) is 6.07 Å². The quantitative estimate of drug-likeness (QED) is 0.566. The predicted molar refractivity (Wildman–Crippen MR) is 76.4 cm³/mol. The zero-order chi connectivity index (χ0) is 17.9. The number of alkyl halides is 3. The van der Waals surface area contributed by atoms with Gasteiger partial charge in [-0.1, -0.05) is 12.8 Å². The number of aliphatic hydroxyl groups excluding tert-OH is 1. The first-order chi connectivity index (χ1) is 11.2. The summed E-state index contributed by atoms with van der Waals surface area (Å²) in [5, 5.41) is 13.9. The number of nitrogens with one attached hydrogen (secondary N) is 2. The molecule has 3 N–H and O–H groups in total. The van der Waals surface area contributed by atoms with Gasteiger partial charge in [-0.05, 0) is 31.0 Å². The number of aliphatic hydroxyl groups is 1. The highest BCUT2D eigenvalue weighted by Gasteiger charge is 2.35. The molecule has 24 heavy (non-hydrogen) atoms. The average Bonchev–Trinajstić information content (AvgIpc) is 2.50. The second-order valence-electron chi connectivity index (χ2n) is 5.57. The molecule has 2 amide bonds. The van der Waals surface area contributed by atoms with Crippen molar-refractivity contribution in [2.75, 3.05) is 5.32 Å². The number of benzene rings is 1. The van der Waals surface area contributed by atoms with Crippen LogP contribution in [0.1, 0.15) is 31.2 Å². The van der Waals surface area contributed by atoms with E-state index in [0.29, 0.717) is 12.8 Å². The van der Waals surface area contributed by atoms with Gasteiger partial charge in [0.15, 0.2) is 0 Å². The summed E-state index contributed by atoms with van der Waals surface area (Å²) in [6, 6.07) is 1.09. The van der Waals surface area contributed by atoms with E-state index in [4.69, 9.17) is 0 Å². The van der Waals surface area contributed by atoms with Gasteiger partial charge in [-0.2, -0.15) is 13.2 Å². The van der Waals surface area contributed by atoms with Crippen molar-refractivity contribution in [3.63, 3.8) is 0 Å². The predicted octanol–water partition coefficient (Wildman–Crippen LogP) is 2.20. The van der Waals surface area contributed by atoms with Crippen molar-refractivity contribution >= 4 is 17.5 Å². The van der Waals surface area contributed by atoms with Gasteiger partial charge in [-0.25, -0.2) is 4.39 Å². The highest BCUT2D eigenvalue weighted by molar-refractivity contribution is 6.39. The van der Waals surface area contributed by atoms with Crippen molar-refractivity contribution in [3.8, 4) is 0 Å². The summed E-state index contributed by atoms with van der Waals surface area (Å²) >= 11 is 0. The maximum atomic E-state index is 13.0. The molecule has 1 aromatic rings. The van der Waals surface area contributed by atoms with Crippen LogP contribution >= 0.6 is 0 Å². The van der Waals surface area contributed by atoms with Crippen molar-refractivity contribution < 1.29 is 32.3 Å². The summed E-state index contributed by atoms with van der Waals surface area (Å²) in [5.74, 6) is -3.58. The van der Waals surface area contributed by atoms with Gasteiger partial charge in [-0.15, -0.1) is 0 Å². The van der Waals surface area contributed by atoms with Crippen LogP contribution in [0.5, 0.6) is 0 Å². The molecule has 132 valence electrons. The number of hydrogen-bond acceptors (Lipinski definition) is 3. The van der Waals surface area contributed by atoms with Crippen LogP contribution in [-0.4, -0.2) is 29.1 Å². The second-order valence-corrected chi connectivity index (χ2v) is 5.57. The number of rotatable bonds is 2. The fraction of sp³-hybridized carbons (Fsp3) is 0.467. The third kappa shape index (κ3) is 4.44. The first kappa shape index (κ1) is 18.2. The van der Waals surface area contributed by atoms with Gasteiger partial charge >= 0.3 is 18.0 Å². The van der Waals surface area contributed by atoms with E-state index in [1.54, 1.807) is 0 Å². The molecule has 0 bridgehead atoms. The number of anilines is 1. The molecule has 2 rings (SSSR count). The van der Waals surface area contributed by atoms with Crippen LogP contribution in [-0.2, 0) is 15.8 Å². The molecule has 1 saturated carbocycles. The van der Waals surface area contributed by atoms with E-state index in [0.717, 1.165) is 25.0 Å². The normalized spacial score (nSPS) is 21.2. The molecule has 1 aliphatic rings. The first-order valence-electron chi connectivity index (χ1n) is 7.35. The minimum absolute atomic E-state index is 0.235. The molecule has 0 radical (unpaired) electrons. The third-order valence-corrected chi connectivity index (χ3v) is 3.79. The molecule has 1 aliphatic carbocycles. The van der Waals surface area contributed by atoms with Gasteiger partial charge in [0.25, 0.3) is 0 Å². The minimum atomic E-state index is -4.89. The Balaban J connectivity index is 2.08. The summed E-state index contributed by atoms with van der Waals surface area (Å²) in [5.41, 5.74) is -2.10. The standard InChI is InChI=1S/C15H16F4N2O3/c16-8-5-6-10(9(7-8)15(17,18)19)20-13(23)14(24)21-11-3-1-2-4-12(11)22/h5-7,11-12,22H,1-4H2,(H,20,23)(H,21,24). The topological polar surface area (TPSA) is 78.4 Å². The summed E-state index contributed by atoms with van der Waals surface area (Å²) in [6.45, 7) is 0. The Morgan fingerprint density at radius 2 is 1.79 bits per heavy atom. The molecule has 9 heteroatoms. The molecule has 0 aliphatic heterocycles.